The van der Waals surface area contributed by atoms with Gasteiger partial charge in [0.05, 0.1) is 0 Å². The SMILES string of the molecule is CC(C)CCCNC(=O)CCC1CCNCC1. The summed E-state index contributed by atoms with van der Waals surface area (Å²) in [4.78, 5) is 11.6. The van der Waals surface area contributed by atoms with Gasteiger partial charge < -0.3 is 10.6 Å². The van der Waals surface area contributed by atoms with Crippen LogP contribution in [0.4, 0.5) is 0 Å². The molecule has 0 aromatic carbocycles. The molecule has 0 spiro atoms. The van der Waals surface area contributed by atoms with E-state index < -0.39 is 0 Å². The molecular formula is C14H28N2O. The Hall–Kier alpha value is -0.570. The van der Waals surface area contributed by atoms with Gasteiger partial charge in [-0.3, -0.25) is 4.79 Å². The van der Waals surface area contributed by atoms with E-state index in [1.807, 2.05) is 0 Å². The Morgan fingerprint density at radius 1 is 1.35 bits per heavy atom. The van der Waals surface area contributed by atoms with Crippen molar-refractivity contribution in [3.63, 3.8) is 0 Å². The van der Waals surface area contributed by atoms with Crippen molar-refractivity contribution in [2.45, 2.75) is 52.4 Å². The highest BCUT2D eigenvalue weighted by atomic mass is 16.1. The first-order valence-corrected chi connectivity index (χ1v) is 7.16. The van der Waals surface area contributed by atoms with E-state index in [1.165, 1.54) is 19.3 Å². The largest absolute Gasteiger partial charge is 0.356 e. The number of rotatable bonds is 7. The van der Waals surface area contributed by atoms with Gasteiger partial charge in [0, 0.05) is 13.0 Å². The van der Waals surface area contributed by atoms with Crippen LogP contribution in [-0.2, 0) is 4.79 Å². The fourth-order valence-corrected chi connectivity index (χ4v) is 2.33. The summed E-state index contributed by atoms with van der Waals surface area (Å²) in [6, 6.07) is 0. The molecule has 3 nitrogen and oxygen atoms in total. The van der Waals surface area contributed by atoms with Crippen LogP contribution in [0.25, 0.3) is 0 Å². The zero-order valence-electron chi connectivity index (χ0n) is 11.4. The Morgan fingerprint density at radius 3 is 2.71 bits per heavy atom. The lowest BCUT2D eigenvalue weighted by Crippen LogP contribution is -2.29. The first kappa shape index (κ1) is 14.5. The molecule has 1 aliphatic heterocycles. The highest BCUT2D eigenvalue weighted by Gasteiger charge is 2.14. The molecule has 1 heterocycles. The number of hydrogen-bond acceptors (Lipinski definition) is 2. The first-order valence-electron chi connectivity index (χ1n) is 7.16. The summed E-state index contributed by atoms with van der Waals surface area (Å²) in [5.74, 6) is 1.74. The van der Waals surface area contributed by atoms with Crippen LogP contribution in [0.2, 0.25) is 0 Å². The van der Waals surface area contributed by atoms with Crippen LogP contribution in [0.3, 0.4) is 0 Å². The molecule has 1 rings (SSSR count). The third kappa shape index (κ3) is 7.37. The molecular weight excluding hydrogens is 212 g/mol. The summed E-state index contributed by atoms with van der Waals surface area (Å²) < 4.78 is 0. The van der Waals surface area contributed by atoms with Crippen LogP contribution in [0.15, 0.2) is 0 Å². The van der Waals surface area contributed by atoms with Gasteiger partial charge in [-0.25, -0.2) is 0 Å². The molecule has 0 unspecified atom stereocenters. The summed E-state index contributed by atoms with van der Waals surface area (Å²) in [7, 11) is 0. The minimum atomic E-state index is 0.243. The molecule has 100 valence electrons. The smallest absolute Gasteiger partial charge is 0.220 e. The lowest BCUT2D eigenvalue weighted by atomic mass is 9.93. The van der Waals surface area contributed by atoms with Crippen molar-refractivity contribution in [2.75, 3.05) is 19.6 Å². The summed E-state index contributed by atoms with van der Waals surface area (Å²) in [6.07, 6.45) is 6.57. The fraction of sp³-hybridized carbons (Fsp3) is 0.929. The molecule has 1 amide bonds. The maximum absolute atomic E-state index is 11.6. The van der Waals surface area contributed by atoms with Crippen molar-refractivity contribution in [1.29, 1.82) is 0 Å². The minimum Gasteiger partial charge on any atom is -0.356 e. The molecule has 3 heteroatoms. The molecule has 0 saturated carbocycles. The van der Waals surface area contributed by atoms with Gasteiger partial charge in [0.1, 0.15) is 0 Å². The Morgan fingerprint density at radius 2 is 2.06 bits per heavy atom. The second kappa shape index (κ2) is 8.51. The highest BCUT2D eigenvalue weighted by Crippen LogP contribution is 2.17. The Labute approximate surface area is 106 Å². The van der Waals surface area contributed by atoms with Gasteiger partial charge in [-0.15, -0.1) is 0 Å². The highest BCUT2D eigenvalue weighted by molar-refractivity contribution is 5.75. The van der Waals surface area contributed by atoms with Gasteiger partial charge in [0.15, 0.2) is 0 Å². The third-order valence-corrected chi connectivity index (χ3v) is 3.52. The van der Waals surface area contributed by atoms with E-state index in [0.29, 0.717) is 6.42 Å². The first-order chi connectivity index (χ1) is 8.18. The van der Waals surface area contributed by atoms with Gasteiger partial charge in [-0.05, 0) is 57.0 Å². The number of nitrogens with one attached hydrogen (secondary N) is 2. The van der Waals surface area contributed by atoms with Crippen LogP contribution in [0.5, 0.6) is 0 Å². The van der Waals surface area contributed by atoms with Crippen molar-refractivity contribution >= 4 is 5.91 Å². The van der Waals surface area contributed by atoms with E-state index in [1.54, 1.807) is 0 Å². The average Bonchev–Trinajstić information content (AvgIpc) is 2.33. The van der Waals surface area contributed by atoms with Gasteiger partial charge >= 0.3 is 0 Å². The molecule has 0 aromatic heterocycles. The molecule has 17 heavy (non-hydrogen) atoms. The van der Waals surface area contributed by atoms with Crippen LogP contribution in [0.1, 0.15) is 52.4 Å². The van der Waals surface area contributed by atoms with Gasteiger partial charge in [-0.1, -0.05) is 13.8 Å². The summed E-state index contributed by atoms with van der Waals surface area (Å²) in [5, 5.41) is 6.38. The zero-order chi connectivity index (χ0) is 12.5. The molecule has 1 aliphatic rings. The summed E-state index contributed by atoms with van der Waals surface area (Å²) in [6.45, 7) is 7.54. The molecule has 0 aliphatic carbocycles. The van der Waals surface area contributed by atoms with E-state index in [9.17, 15) is 4.79 Å². The average molecular weight is 240 g/mol. The van der Waals surface area contributed by atoms with Crippen molar-refractivity contribution in [1.82, 2.24) is 10.6 Å². The molecule has 1 fully saturated rings. The monoisotopic (exact) mass is 240 g/mol. The van der Waals surface area contributed by atoms with Crippen LogP contribution in [0, 0.1) is 11.8 Å². The third-order valence-electron chi connectivity index (χ3n) is 3.52. The lowest BCUT2D eigenvalue weighted by molar-refractivity contribution is -0.121. The molecule has 0 aromatic rings. The number of amides is 1. The van der Waals surface area contributed by atoms with E-state index in [0.717, 1.165) is 44.3 Å². The molecule has 1 saturated heterocycles. The summed E-state index contributed by atoms with van der Waals surface area (Å²) >= 11 is 0. The van der Waals surface area contributed by atoms with Gasteiger partial charge in [0.2, 0.25) is 5.91 Å². The van der Waals surface area contributed by atoms with E-state index >= 15 is 0 Å². The predicted octanol–water partition coefficient (Wildman–Crippen LogP) is 2.32. The van der Waals surface area contributed by atoms with Gasteiger partial charge in [0.25, 0.3) is 0 Å². The Kier molecular flexibility index (Phi) is 7.25. The molecule has 2 N–H and O–H groups in total. The van der Waals surface area contributed by atoms with Crippen molar-refractivity contribution in [2.24, 2.45) is 11.8 Å². The van der Waals surface area contributed by atoms with Crippen molar-refractivity contribution in [3.8, 4) is 0 Å². The number of hydrogen-bond donors (Lipinski definition) is 2. The van der Waals surface area contributed by atoms with Crippen LogP contribution in [-0.4, -0.2) is 25.5 Å². The quantitative estimate of drug-likeness (QED) is 0.671. The molecule has 0 atom stereocenters. The Balaban J connectivity index is 1.96. The number of piperidine rings is 1. The second-order valence-electron chi connectivity index (χ2n) is 5.62. The van der Waals surface area contributed by atoms with Crippen molar-refractivity contribution < 1.29 is 4.79 Å². The van der Waals surface area contributed by atoms with Crippen LogP contribution < -0.4 is 10.6 Å². The Bertz CT molecular complexity index is 210. The maximum atomic E-state index is 11.6. The predicted molar refractivity (Wildman–Crippen MR) is 71.9 cm³/mol. The number of carbonyl (C=O) groups excluding carboxylic acids is 1. The van der Waals surface area contributed by atoms with Gasteiger partial charge in [-0.2, -0.15) is 0 Å². The van der Waals surface area contributed by atoms with E-state index in [4.69, 9.17) is 0 Å². The van der Waals surface area contributed by atoms with E-state index in [2.05, 4.69) is 24.5 Å². The lowest BCUT2D eigenvalue weighted by Gasteiger charge is -2.22. The minimum absolute atomic E-state index is 0.243. The maximum Gasteiger partial charge on any atom is 0.220 e. The topological polar surface area (TPSA) is 41.1 Å². The fourth-order valence-electron chi connectivity index (χ4n) is 2.33. The van der Waals surface area contributed by atoms with Crippen molar-refractivity contribution in [3.05, 3.63) is 0 Å². The number of carbonyl (C=O) groups is 1. The zero-order valence-corrected chi connectivity index (χ0v) is 11.4. The molecule has 0 bridgehead atoms. The van der Waals surface area contributed by atoms with E-state index in [-0.39, 0.29) is 5.91 Å². The normalized spacial score (nSPS) is 17.4. The second-order valence-corrected chi connectivity index (χ2v) is 5.62. The summed E-state index contributed by atoms with van der Waals surface area (Å²) in [5.41, 5.74) is 0. The standard InChI is InChI=1S/C14H28N2O/c1-12(2)4-3-9-16-14(17)6-5-13-7-10-15-11-8-13/h12-13,15H,3-11H2,1-2H3,(H,16,17). The molecule has 0 radical (unpaired) electrons. The van der Waals surface area contributed by atoms with Crippen LogP contribution >= 0.6 is 0 Å².